The van der Waals surface area contributed by atoms with Crippen LogP contribution in [0.2, 0.25) is 0 Å². The zero-order valence-electron chi connectivity index (χ0n) is 16.5. The van der Waals surface area contributed by atoms with E-state index in [0.717, 1.165) is 42.0 Å². The second-order valence-corrected chi connectivity index (χ2v) is 7.14. The number of hydrogen-bond donors (Lipinski definition) is 2. The standard InChI is InChI=1S/C21H27N3O2.2ClH/c1-14-6-8-23-12-19(14)24-21(25)18-9-15(2)20(16(3)10-18)26-13-17-5-4-7-22-11-17;;/h4-5,7,9-11,14,19,23H,6,8,12-13H2,1-3H3,(H,24,25);2*1H. The molecule has 1 aliphatic rings. The molecule has 0 saturated carbocycles. The Kier molecular flexibility index (Phi) is 9.73. The number of hydrogen-bond acceptors (Lipinski definition) is 4. The summed E-state index contributed by atoms with van der Waals surface area (Å²) in [6.45, 7) is 8.47. The molecule has 1 aromatic heterocycles. The number of halogens is 2. The van der Waals surface area contributed by atoms with Gasteiger partial charge in [-0.05, 0) is 62.1 Å². The molecule has 2 unspecified atom stereocenters. The van der Waals surface area contributed by atoms with Gasteiger partial charge in [-0.15, -0.1) is 24.8 Å². The van der Waals surface area contributed by atoms with E-state index in [9.17, 15) is 4.79 Å². The number of aryl methyl sites for hydroxylation is 2. The Balaban J connectivity index is 0.00000196. The van der Waals surface area contributed by atoms with E-state index in [1.807, 2.05) is 38.1 Å². The number of carbonyl (C=O) groups is 1. The van der Waals surface area contributed by atoms with Crippen molar-refractivity contribution in [1.29, 1.82) is 0 Å². The summed E-state index contributed by atoms with van der Waals surface area (Å²) in [6.07, 6.45) is 4.63. The Labute approximate surface area is 179 Å². The van der Waals surface area contributed by atoms with Gasteiger partial charge in [0.25, 0.3) is 5.91 Å². The van der Waals surface area contributed by atoms with Gasteiger partial charge in [-0.2, -0.15) is 0 Å². The van der Waals surface area contributed by atoms with Crippen LogP contribution in [0.25, 0.3) is 0 Å². The van der Waals surface area contributed by atoms with Crippen molar-refractivity contribution in [3.05, 3.63) is 58.9 Å². The van der Waals surface area contributed by atoms with Crippen molar-refractivity contribution in [2.45, 2.75) is 39.8 Å². The molecule has 0 bridgehead atoms. The Bertz CT molecular complexity index is 748. The van der Waals surface area contributed by atoms with Crippen LogP contribution in [0.5, 0.6) is 5.75 Å². The minimum Gasteiger partial charge on any atom is -0.488 e. The highest BCUT2D eigenvalue weighted by Crippen LogP contribution is 2.26. The molecule has 0 radical (unpaired) electrons. The van der Waals surface area contributed by atoms with E-state index in [0.29, 0.717) is 18.1 Å². The summed E-state index contributed by atoms with van der Waals surface area (Å²) in [5.41, 5.74) is 3.64. The number of rotatable bonds is 5. The quantitative estimate of drug-likeness (QED) is 0.763. The predicted octanol–water partition coefficient (Wildman–Crippen LogP) is 3.85. The lowest BCUT2D eigenvalue weighted by Gasteiger charge is -2.30. The van der Waals surface area contributed by atoms with E-state index < -0.39 is 0 Å². The van der Waals surface area contributed by atoms with Gasteiger partial charge in [0.2, 0.25) is 0 Å². The van der Waals surface area contributed by atoms with Gasteiger partial charge in [-0.3, -0.25) is 9.78 Å². The summed E-state index contributed by atoms with van der Waals surface area (Å²) in [7, 11) is 0. The molecule has 28 heavy (non-hydrogen) atoms. The Morgan fingerprint density at radius 1 is 1.29 bits per heavy atom. The lowest BCUT2D eigenvalue weighted by Crippen LogP contribution is -2.50. The van der Waals surface area contributed by atoms with Crippen LogP contribution < -0.4 is 15.4 Å². The fourth-order valence-electron chi connectivity index (χ4n) is 3.38. The van der Waals surface area contributed by atoms with E-state index in [2.05, 4.69) is 22.5 Å². The van der Waals surface area contributed by atoms with E-state index in [1.54, 1.807) is 12.4 Å². The van der Waals surface area contributed by atoms with Crippen molar-refractivity contribution in [3.63, 3.8) is 0 Å². The number of ether oxygens (including phenoxy) is 1. The first-order valence-corrected chi connectivity index (χ1v) is 9.19. The van der Waals surface area contributed by atoms with Gasteiger partial charge in [-0.1, -0.05) is 13.0 Å². The van der Waals surface area contributed by atoms with E-state index in [4.69, 9.17) is 4.74 Å². The molecular weight excluding hydrogens is 397 g/mol. The summed E-state index contributed by atoms with van der Waals surface area (Å²) >= 11 is 0. The lowest BCUT2D eigenvalue weighted by molar-refractivity contribution is 0.0915. The van der Waals surface area contributed by atoms with Crippen molar-refractivity contribution in [3.8, 4) is 5.75 Å². The minimum absolute atomic E-state index is 0. The average molecular weight is 426 g/mol. The third kappa shape index (κ3) is 6.09. The molecule has 1 aromatic carbocycles. The maximum Gasteiger partial charge on any atom is 0.251 e. The highest BCUT2D eigenvalue weighted by molar-refractivity contribution is 5.95. The Morgan fingerprint density at radius 2 is 2.00 bits per heavy atom. The summed E-state index contributed by atoms with van der Waals surface area (Å²) in [4.78, 5) is 16.8. The highest BCUT2D eigenvalue weighted by Gasteiger charge is 2.23. The third-order valence-electron chi connectivity index (χ3n) is 4.97. The van der Waals surface area contributed by atoms with Crippen molar-refractivity contribution >= 4 is 30.7 Å². The lowest BCUT2D eigenvalue weighted by atomic mass is 9.94. The van der Waals surface area contributed by atoms with Gasteiger partial charge in [0.15, 0.2) is 0 Å². The Hall–Kier alpha value is -1.82. The van der Waals surface area contributed by atoms with Crippen LogP contribution in [-0.2, 0) is 6.61 Å². The SMILES string of the molecule is Cc1cc(C(=O)NC2CNCCC2C)cc(C)c1OCc1cccnc1.Cl.Cl. The molecule has 1 aliphatic heterocycles. The summed E-state index contributed by atoms with van der Waals surface area (Å²) in [5, 5.41) is 6.51. The van der Waals surface area contributed by atoms with Crippen molar-refractivity contribution in [1.82, 2.24) is 15.6 Å². The summed E-state index contributed by atoms with van der Waals surface area (Å²) in [6, 6.07) is 7.87. The molecule has 2 atom stereocenters. The van der Waals surface area contributed by atoms with Crippen LogP contribution in [0.1, 0.15) is 40.4 Å². The normalized spacial score (nSPS) is 18.4. The van der Waals surface area contributed by atoms with Gasteiger partial charge in [0.05, 0.1) is 0 Å². The van der Waals surface area contributed by atoms with Crippen LogP contribution in [-0.4, -0.2) is 30.0 Å². The molecule has 0 spiro atoms. The number of benzene rings is 1. The molecular formula is C21H29Cl2N3O2. The first-order valence-electron chi connectivity index (χ1n) is 9.19. The first-order chi connectivity index (χ1) is 12.5. The molecule has 2 N–H and O–H groups in total. The summed E-state index contributed by atoms with van der Waals surface area (Å²) in [5.74, 6) is 1.30. The van der Waals surface area contributed by atoms with Crippen molar-refractivity contribution in [2.75, 3.05) is 13.1 Å². The van der Waals surface area contributed by atoms with Crippen LogP contribution in [0.15, 0.2) is 36.7 Å². The van der Waals surface area contributed by atoms with Crippen LogP contribution in [0.4, 0.5) is 0 Å². The molecule has 3 rings (SSSR count). The van der Waals surface area contributed by atoms with Gasteiger partial charge >= 0.3 is 0 Å². The van der Waals surface area contributed by atoms with Crippen LogP contribution in [0.3, 0.4) is 0 Å². The maximum atomic E-state index is 12.7. The van der Waals surface area contributed by atoms with Crippen molar-refractivity contribution in [2.24, 2.45) is 5.92 Å². The minimum atomic E-state index is -0.0180. The maximum absolute atomic E-state index is 12.7. The zero-order valence-corrected chi connectivity index (χ0v) is 18.2. The highest BCUT2D eigenvalue weighted by atomic mass is 35.5. The Morgan fingerprint density at radius 3 is 2.61 bits per heavy atom. The zero-order chi connectivity index (χ0) is 18.5. The fourth-order valence-corrected chi connectivity index (χ4v) is 3.38. The second-order valence-electron chi connectivity index (χ2n) is 7.14. The number of nitrogens with zero attached hydrogens (tertiary/aromatic N) is 1. The molecule has 1 amide bonds. The molecule has 1 fully saturated rings. The molecule has 7 heteroatoms. The van der Waals surface area contributed by atoms with Gasteiger partial charge in [0.1, 0.15) is 12.4 Å². The van der Waals surface area contributed by atoms with Crippen LogP contribution in [0, 0.1) is 19.8 Å². The molecule has 5 nitrogen and oxygen atoms in total. The first kappa shape index (κ1) is 24.2. The smallest absolute Gasteiger partial charge is 0.251 e. The second kappa shape index (κ2) is 11.2. The monoisotopic (exact) mass is 425 g/mol. The number of nitrogens with one attached hydrogen (secondary N) is 2. The summed E-state index contributed by atoms with van der Waals surface area (Å²) < 4.78 is 5.97. The topological polar surface area (TPSA) is 63.2 Å². The number of aromatic nitrogens is 1. The number of carbonyl (C=O) groups excluding carboxylic acids is 1. The van der Waals surface area contributed by atoms with Gasteiger partial charge < -0.3 is 15.4 Å². The molecule has 154 valence electrons. The number of pyridine rings is 1. The van der Waals surface area contributed by atoms with Crippen LogP contribution >= 0.6 is 24.8 Å². The molecule has 2 aromatic rings. The predicted molar refractivity (Wildman–Crippen MR) is 117 cm³/mol. The third-order valence-corrected chi connectivity index (χ3v) is 4.97. The number of piperidine rings is 1. The van der Waals surface area contributed by atoms with Crippen molar-refractivity contribution < 1.29 is 9.53 Å². The van der Waals surface area contributed by atoms with E-state index in [1.165, 1.54) is 0 Å². The number of amides is 1. The van der Waals surface area contributed by atoms with Gasteiger partial charge in [0, 0.05) is 36.1 Å². The van der Waals surface area contributed by atoms with Gasteiger partial charge in [-0.25, -0.2) is 0 Å². The van der Waals surface area contributed by atoms with E-state index >= 15 is 0 Å². The average Bonchev–Trinajstić information content (AvgIpc) is 2.63. The largest absolute Gasteiger partial charge is 0.488 e. The van der Waals surface area contributed by atoms with E-state index in [-0.39, 0.29) is 36.8 Å². The molecule has 1 saturated heterocycles. The molecule has 0 aliphatic carbocycles. The fraction of sp³-hybridized carbons (Fsp3) is 0.429. The molecule has 2 heterocycles.